The molecule has 0 spiro atoms. The van der Waals surface area contributed by atoms with Crippen molar-refractivity contribution >= 4 is 29.1 Å². The molecule has 0 aliphatic rings. The highest BCUT2D eigenvalue weighted by Crippen LogP contribution is 2.22. The van der Waals surface area contributed by atoms with Crippen LogP contribution in [0, 0.1) is 5.82 Å². The number of benzene rings is 2. The highest BCUT2D eigenvalue weighted by Gasteiger charge is 2.14. The first-order chi connectivity index (χ1) is 9.47. The molecule has 2 nitrogen and oxygen atoms in total. The van der Waals surface area contributed by atoms with Gasteiger partial charge in [0.2, 0.25) is 0 Å². The summed E-state index contributed by atoms with van der Waals surface area (Å²) in [6.07, 6.45) is 0. The molecule has 0 fully saturated rings. The zero-order chi connectivity index (χ0) is 14.7. The van der Waals surface area contributed by atoms with E-state index in [1.807, 2.05) is 6.92 Å². The molecule has 104 valence electrons. The molecule has 20 heavy (non-hydrogen) atoms. The van der Waals surface area contributed by atoms with Crippen molar-refractivity contribution in [2.45, 2.75) is 13.0 Å². The first kappa shape index (κ1) is 14.8. The number of carbonyl (C=O) groups excluding carboxylic acids is 1. The van der Waals surface area contributed by atoms with Gasteiger partial charge in [-0.1, -0.05) is 35.3 Å². The van der Waals surface area contributed by atoms with Gasteiger partial charge in [-0.3, -0.25) is 4.79 Å². The predicted molar refractivity (Wildman–Crippen MR) is 78.7 cm³/mol. The molecule has 0 aliphatic heterocycles. The van der Waals surface area contributed by atoms with E-state index in [1.165, 1.54) is 18.2 Å². The van der Waals surface area contributed by atoms with Crippen LogP contribution < -0.4 is 5.32 Å². The Morgan fingerprint density at radius 1 is 1.15 bits per heavy atom. The monoisotopic (exact) mass is 311 g/mol. The van der Waals surface area contributed by atoms with E-state index in [0.29, 0.717) is 15.6 Å². The highest BCUT2D eigenvalue weighted by atomic mass is 35.5. The Morgan fingerprint density at radius 2 is 1.80 bits per heavy atom. The summed E-state index contributed by atoms with van der Waals surface area (Å²) >= 11 is 11.8. The molecule has 1 N–H and O–H groups in total. The molecule has 5 heteroatoms. The minimum absolute atomic E-state index is 0.255. The lowest BCUT2D eigenvalue weighted by Crippen LogP contribution is -2.26. The second kappa shape index (κ2) is 6.25. The van der Waals surface area contributed by atoms with E-state index in [0.717, 1.165) is 5.56 Å². The van der Waals surface area contributed by atoms with Gasteiger partial charge < -0.3 is 5.32 Å². The average molecular weight is 312 g/mol. The Balaban J connectivity index is 2.13. The van der Waals surface area contributed by atoms with Gasteiger partial charge in [-0.25, -0.2) is 4.39 Å². The van der Waals surface area contributed by atoms with Gasteiger partial charge in [-0.2, -0.15) is 0 Å². The molecule has 0 aliphatic carbocycles. The van der Waals surface area contributed by atoms with E-state index in [1.54, 1.807) is 24.3 Å². The fourth-order valence-electron chi connectivity index (χ4n) is 1.78. The van der Waals surface area contributed by atoms with E-state index in [4.69, 9.17) is 23.2 Å². The van der Waals surface area contributed by atoms with Gasteiger partial charge in [0.15, 0.2) is 0 Å². The summed E-state index contributed by atoms with van der Waals surface area (Å²) in [6.45, 7) is 1.81. The Morgan fingerprint density at radius 3 is 2.40 bits per heavy atom. The molecule has 0 bridgehead atoms. The molecule has 0 aromatic heterocycles. The smallest absolute Gasteiger partial charge is 0.253 e. The summed E-state index contributed by atoms with van der Waals surface area (Å²) < 4.78 is 12.9. The lowest BCUT2D eigenvalue weighted by molar-refractivity contribution is 0.0940. The second-order valence-electron chi connectivity index (χ2n) is 4.37. The quantitative estimate of drug-likeness (QED) is 0.880. The molecule has 2 aromatic rings. The highest BCUT2D eigenvalue weighted by molar-refractivity contribution is 6.36. The number of rotatable bonds is 3. The van der Waals surface area contributed by atoms with Crippen LogP contribution >= 0.6 is 23.2 Å². The van der Waals surface area contributed by atoms with Crippen LogP contribution in [0.2, 0.25) is 10.0 Å². The molecule has 0 heterocycles. The Bertz CT molecular complexity index is 628. The van der Waals surface area contributed by atoms with Crippen LogP contribution in [0.4, 0.5) is 4.39 Å². The van der Waals surface area contributed by atoms with E-state index in [-0.39, 0.29) is 17.8 Å². The van der Waals surface area contributed by atoms with Gasteiger partial charge in [0.25, 0.3) is 5.91 Å². The van der Waals surface area contributed by atoms with Crippen LogP contribution in [0.5, 0.6) is 0 Å². The van der Waals surface area contributed by atoms with Crippen LogP contribution in [0.1, 0.15) is 28.9 Å². The standard InChI is InChI=1S/C15H12Cl2FNO/c1-9(10-2-5-12(18)6-3-10)19-15(20)13-7-4-11(16)8-14(13)17/h2-9H,1H3,(H,19,20)/t9-/m1/s1. The zero-order valence-corrected chi connectivity index (χ0v) is 12.2. The van der Waals surface area contributed by atoms with Crippen LogP contribution in [-0.4, -0.2) is 5.91 Å². The normalized spacial score (nSPS) is 12.0. The molecule has 2 aromatic carbocycles. The van der Waals surface area contributed by atoms with E-state index in [2.05, 4.69) is 5.32 Å². The first-order valence-electron chi connectivity index (χ1n) is 5.99. The number of hydrogen-bond donors (Lipinski definition) is 1. The molecule has 2 rings (SSSR count). The first-order valence-corrected chi connectivity index (χ1v) is 6.74. The largest absolute Gasteiger partial charge is 0.345 e. The SMILES string of the molecule is C[C@@H](NC(=O)c1ccc(Cl)cc1Cl)c1ccc(F)cc1. The van der Waals surface area contributed by atoms with Gasteiger partial charge in [0, 0.05) is 5.02 Å². The maximum atomic E-state index is 12.9. The molecular weight excluding hydrogens is 300 g/mol. The minimum Gasteiger partial charge on any atom is -0.345 e. The topological polar surface area (TPSA) is 29.1 Å². The predicted octanol–water partition coefficient (Wildman–Crippen LogP) is 4.62. The van der Waals surface area contributed by atoms with Crippen molar-refractivity contribution in [2.75, 3.05) is 0 Å². The number of hydrogen-bond acceptors (Lipinski definition) is 1. The van der Waals surface area contributed by atoms with Crippen molar-refractivity contribution in [3.8, 4) is 0 Å². The van der Waals surface area contributed by atoms with Crippen molar-refractivity contribution in [2.24, 2.45) is 0 Å². The Hall–Kier alpha value is -1.58. The van der Waals surface area contributed by atoms with Crippen molar-refractivity contribution in [1.82, 2.24) is 5.32 Å². The summed E-state index contributed by atoms with van der Waals surface area (Å²) in [7, 11) is 0. The summed E-state index contributed by atoms with van der Waals surface area (Å²) in [6, 6.07) is 10.4. The molecule has 0 saturated carbocycles. The molecular formula is C15H12Cl2FNO. The van der Waals surface area contributed by atoms with Crippen molar-refractivity contribution < 1.29 is 9.18 Å². The summed E-state index contributed by atoms with van der Waals surface area (Å²) in [4.78, 5) is 12.1. The van der Waals surface area contributed by atoms with Gasteiger partial charge in [-0.05, 0) is 42.8 Å². The summed E-state index contributed by atoms with van der Waals surface area (Å²) in [5.41, 5.74) is 1.16. The molecule has 0 saturated heterocycles. The number of amides is 1. The second-order valence-corrected chi connectivity index (χ2v) is 5.21. The van der Waals surface area contributed by atoms with Gasteiger partial charge in [0.05, 0.1) is 16.6 Å². The number of nitrogens with one attached hydrogen (secondary N) is 1. The Labute approximate surface area is 126 Å². The van der Waals surface area contributed by atoms with E-state index in [9.17, 15) is 9.18 Å². The fourth-order valence-corrected chi connectivity index (χ4v) is 2.28. The van der Waals surface area contributed by atoms with Crippen LogP contribution in [0.3, 0.4) is 0 Å². The Kier molecular flexibility index (Phi) is 4.63. The van der Waals surface area contributed by atoms with Crippen molar-refractivity contribution in [3.63, 3.8) is 0 Å². The van der Waals surface area contributed by atoms with Crippen molar-refractivity contribution in [3.05, 3.63) is 69.5 Å². The van der Waals surface area contributed by atoms with Crippen LogP contribution in [0.15, 0.2) is 42.5 Å². The van der Waals surface area contributed by atoms with Crippen LogP contribution in [-0.2, 0) is 0 Å². The van der Waals surface area contributed by atoms with E-state index < -0.39 is 0 Å². The number of halogens is 3. The summed E-state index contributed by atoms with van der Waals surface area (Å²) in [5, 5.41) is 3.57. The maximum Gasteiger partial charge on any atom is 0.253 e. The molecule has 1 atom stereocenters. The molecule has 1 amide bonds. The maximum absolute atomic E-state index is 12.9. The van der Waals surface area contributed by atoms with Crippen molar-refractivity contribution in [1.29, 1.82) is 0 Å². The van der Waals surface area contributed by atoms with E-state index >= 15 is 0 Å². The third-order valence-corrected chi connectivity index (χ3v) is 3.44. The third-order valence-electron chi connectivity index (χ3n) is 2.89. The van der Waals surface area contributed by atoms with Crippen LogP contribution in [0.25, 0.3) is 0 Å². The third kappa shape index (κ3) is 3.50. The lowest BCUT2D eigenvalue weighted by Gasteiger charge is -2.15. The van der Waals surface area contributed by atoms with Gasteiger partial charge in [0.1, 0.15) is 5.82 Å². The van der Waals surface area contributed by atoms with Gasteiger partial charge in [-0.15, -0.1) is 0 Å². The molecule has 0 radical (unpaired) electrons. The van der Waals surface area contributed by atoms with Gasteiger partial charge >= 0.3 is 0 Å². The minimum atomic E-state index is -0.312. The zero-order valence-electron chi connectivity index (χ0n) is 10.7. The average Bonchev–Trinajstić information content (AvgIpc) is 2.39. The molecule has 0 unspecified atom stereocenters. The fraction of sp³-hybridized carbons (Fsp3) is 0.133. The lowest BCUT2D eigenvalue weighted by atomic mass is 10.1. The number of carbonyl (C=O) groups is 1. The summed E-state index contributed by atoms with van der Waals surface area (Å²) in [5.74, 6) is -0.614.